The molecular formula is C19H18N2O. The van der Waals surface area contributed by atoms with E-state index in [1.54, 1.807) is 6.21 Å². The van der Waals surface area contributed by atoms with Crippen LogP contribution < -0.4 is 5.43 Å². The van der Waals surface area contributed by atoms with Gasteiger partial charge in [-0.2, -0.15) is 5.10 Å². The zero-order valence-electron chi connectivity index (χ0n) is 12.2. The molecule has 22 heavy (non-hydrogen) atoms. The fourth-order valence-electron chi connectivity index (χ4n) is 2.50. The highest BCUT2D eigenvalue weighted by molar-refractivity contribution is 5.85. The van der Waals surface area contributed by atoms with Crippen molar-refractivity contribution in [2.24, 2.45) is 11.0 Å². The summed E-state index contributed by atoms with van der Waals surface area (Å²) in [6.07, 6.45) is 6.27. The van der Waals surface area contributed by atoms with E-state index in [9.17, 15) is 4.79 Å². The Balaban J connectivity index is 1.46. The third kappa shape index (κ3) is 3.70. The average Bonchev–Trinajstić information content (AvgIpc) is 3.37. The molecule has 1 fully saturated rings. The number of rotatable bonds is 5. The summed E-state index contributed by atoms with van der Waals surface area (Å²) in [5.41, 5.74) is 4.95. The van der Waals surface area contributed by atoms with Gasteiger partial charge in [-0.3, -0.25) is 4.79 Å². The van der Waals surface area contributed by atoms with Crippen LogP contribution >= 0.6 is 0 Å². The summed E-state index contributed by atoms with van der Waals surface area (Å²) in [5.74, 6) is 0.395. The lowest BCUT2D eigenvalue weighted by Gasteiger charge is -1.99. The van der Waals surface area contributed by atoms with E-state index in [-0.39, 0.29) is 11.8 Å². The van der Waals surface area contributed by atoms with Crippen molar-refractivity contribution in [3.63, 3.8) is 0 Å². The van der Waals surface area contributed by atoms with Crippen molar-refractivity contribution in [1.82, 2.24) is 5.43 Å². The summed E-state index contributed by atoms with van der Waals surface area (Å²) >= 11 is 0. The Bertz CT molecular complexity index is 677. The maximum absolute atomic E-state index is 12.0. The molecule has 2 atom stereocenters. The van der Waals surface area contributed by atoms with Crippen molar-refractivity contribution in [2.75, 3.05) is 0 Å². The first kappa shape index (κ1) is 14.3. The molecule has 0 spiro atoms. The van der Waals surface area contributed by atoms with Crippen LogP contribution in [0.25, 0.3) is 6.08 Å². The monoisotopic (exact) mass is 290 g/mol. The Morgan fingerprint density at radius 2 is 1.73 bits per heavy atom. The van der Waals surface area contributed by atoms with E-state index < -0.39 is 0 Å². The fourth-order valence-corrected chi connectivity index (χ4v) is 2.50. The molecule has 0 aliphatic heterocycles. The van der Waals surface area contributed by atoms with Crippen molar-refractivity contribution in [3.05, 3.63) is 77.9 Å². The standard InChI is InChI=1S/C19H18N2O/c22-19(18-14-17(18)16-11-5-2-6-12-16)21-20-13-7-10-15-8-3-1-4-9-15/h1-13,17-18H,14H2,(H,21,22)/b10-7+,20-13-/t17-,18+/m0/s1. The predicted molar refractivity (Wildman–Crippen MR) is 89.4 cm³/mol. The van der Waals surface area contributed by atoms with Gasteiger partial charge in [-0.1, -0.05) is 66.7 Å². The van der Waals surface area contributed by atoms with Gasteiger partial charge in [-0.25, -0.2) is 5.43 Å². The number of carbonyl (C=O) groups excluding carboxylic acids is 1. The number of nitrogens with zero attached hydrogens (tertiary/aromatic N) is 1. The van der Waals surface area contributed by atoms with Gasteiger partial charge in [0.25, 0.3) is 0 Å². The zero-order chi connectivity index (χ0) is 15.2. The molecule has 0 unspecified atom stereocenters. The van der Waals surface area contributed by atoms with E-state index in [0.29, 0.717) is 5.92 Å². The Morgan fingerprint density at radius 1 is 1.05 bits per heavy atom. The summed E-state index contributed by atoms with van der Waals surface area (Å²) in [4.78, 5) is 12.0. The quantitative estimate of drug-likeness (QED) is 0.663. The molecule has 2 aromatic rings. The van der Waals surface area contributed by atoms with Crippen LogP contribution in [0.15, 0.2) is 71.8 Å². The lowest BCUT2D eigenvalue weighted by atomic mass is 10.1. The van der Waals surface area contributed by atoms with Gasteiger partial charge in [-0.15, -0.1) is 0 Å². The third-order valence-corrected chi connectivity index (χ3v) is 3.78. The predicted octanol–water partition coefficient (Wildman–Crippen LogP) is 3.61. The minimum Gasteiger partial charge on any atom is -0.273 e. The van der Waals surface area contributed by atoms with Gasteiger partial charge in [0.05, 0.1) is 0 Å². The number of allylic oxidation sites excluding steroid dienone is 1. The molecule has 1 aliphatic carbocycles. The highest BCUT2D eigenvalue weighted by Crippen LogP contribution is 2.47. The Morgan fingerprint density at radius 3 is 2.45 bits per heavy atom. The molecule has 0 bridgehead atoms. The summed E-state index contributed by atoms with van der Waals surface area (Å²) < 4.78 is 0. The molecule has 0 saturated heterocycles. The molecular weight excluding hydrogens is 272 g/mol. The second-order valence-electron chi connectivity index (χ2n) is 5.38. The molecule has 1 aliphatic rings. The summed E-state index contributed by atoms with van der Waals surface area (Å²) in [5, 5.41) is 3.96. The minimum atomic E-state index is -0.00165. The van der Waals surface area contributed by atoms with Crippen LogP contribution in [0, 0.1) is 5.92 Å². The first-order valence-electron chi connectivity index (χ1n) is 7.44. The molecule has 3 rings (SSSR count). The number of hydrogen-bond donors (Lipinski definition) is 1. The maximum atomic E-state index is 12.0. The summed E-state index contributed by atoms with van der Waals surface area (Å²) in [6.45, 7) is 0. The van der Waals surface area contributed by atoms with Crippen LogP contribution in [0.1, 0.15) is 23.5 Å². The normalized spacial score (nSPS) is 20.4. The Hall–Kier alpha value is -2.68. The molecule has 1 amide bonds. The summed E-state index contributed by atoms with van der Waals surface area (Å²) in [6, 6.07) is 20.1. The van der Waals surface area contributed by atoms with Crippen molar-refractivity contribution in [2.45, 2.75) is 12.3 Å². The average molecular weight is 290 g/mol. The number of nitrogens with one attached hydrogen (secondary N) is 1. The number of hydrazone groups is 1. The van der Waals surface area contributed by atoms with Gasteiger partial charge >= 0.3 is 0 Å². The maximum Gasteiger partial charge on any atom is 0.243 e. The number of hydrogen-bond acceptors (Lipinski definition) is 2. The number of benzene rings is 2. The van der Waals surface area contributed by atoms with E-state index >= 15 is 0 Å². The molecule has 110 valence electrons. The van der Waals surface area contributed by atoms with Gasteiger partial charge in [0.15, 0.2) is 0 Å². The van der Waals surface area contributed by atoms with Gasteiger partial charge in [0.2, 0.25) is 5.91 Å². The van der Waals surface area contributed by atoms with Crippen LogP contribution in [0.3, 0.4) is 0 Å². The molecule has 1 saturated carbocycles. The second-order valence-corrected chi connectivity index (χ2v) is 5.38. The van der Waals surface area contributed by atoms with Crippen molar-refractivity contribution < 1.29 is 4.79 Å². The van der Waals surface area contributed by atoms with Crippen LogP contribution in [0.2, 0.25) is 0 Å². The molecule has 3 heteroatoms. The number of carbonyl (C=O) groups is 1. The molecule has 0 heterocycles. The van der Waals surface area contributed by atoms with Crippen molar-refractivity contribution >= 4 is 18.2 Å². The Labute approximate surface area is 130 Å². The van der Waals surface area contributed by atoms with E-state index in [2.05, 4.69) is 22.7 Å². The van der Waals surface area contributed by atoms with Crippen molar-refractivity contribution in [1.29, 1.82) is 0 Å². The molecule has 2 aromatic carbocycles. The lowest BCUT2D eigenvalue weighted by molar-refractivity contribution is -0.122. The first-order chi connectivity index (χ1) is 10.8. The van der Waals surface area contributed by atoms with Gasteiger partial charge < -0.3 is 0 Å². The lowest BCUT2D eigenvalue weighted by Crippen LogP contribution is -2.19. The van der Waals surface area contributed by atoms with E-state index in [1.165, 1.54) is 5.56 Å². The van der Waals surface area contributed by atoms with Gasteiger partial charge in [0, 0.05) is 12.1 Å². The SMILES string of the molecule is O=C(N/N=C\C=C\c1ccccc1)[C@@H]1C[C@H]1c1ccccc1. The first-order valence-corrected chi connectivity index (χ1v) is 7.44. The van der Waals surface area contributed by atoms with E-state index in [4.69, 9.17) is 0 Å². The highest BCUT2D eigenvalue weighted by Gasteiger charge is 2.43. The fraction of sp³-hybridized carbons (Fsp3) is 0.158. The van der Waals surface area contributed by atoms with Crippen LogP contribution in [0.4, 0.5) is 0 Å². The highest BCUT2D eigenvalue weighted by atomic mass is 16.2. The second kappa shape index (κ2) is 6.85. The number of amides is 1. The van der Waals surface area contributed by atoms with Gasteiger partial charge in [0.1, 0.15) is 0 Å². The van der Waals surface area contributed by atoms with Crippen molar-refractivity contribution in [3.8, 4) is 0 Å². The molecule has 0 aromatic heterocycles. The minimum absolute atomic E-state index is 0.00165. The van der Waals surface area contributed by atoms with E-state index in [0.717, 1.165) is 12.0 Å². The zero-order valence-corrected chi connectivity index (χ0v) is 12.2. The molecule has 1 N–H and O–H groups in total. The van der Waals surface area contributed by atoms with Crippen LogP contribution in [-0.4, -0.2) is 12.1 Å². The van der Waals surface area contributed by atoms with Gasteiger partial charge in [-0.05, 0) is 29.5 Å². The van der Waals surface area contributed by atoms with E-state index in [1.807, 2.05) is 60.7 Å². The smallest absolute Gasteiger partial charge is 0.243 e. The summed E-state index contributed by atoms with van der Waals surface area (Å²) in [7, 11) is 0. The van der Waals surface area contributed by atoms with Crippen LogP contribution in [-0.2, 0) is 4.79 Å². The van der Waals surface area contributed by atoms with Crippen LogP contribution in [0.5, 0.6) is 0 Å². The molecule has 3 nitrogen and oxygen atoms in total. The largest absolute Gasteiger partial charge is 0.273 e. The topological polar surface area (TPSA) is 41.5 Å². The third-order valence-electron chi connectivity index (χ3n) is 3.78. The molecule has 0 radical (unpaired) electrons. The Kier molecular flexibility index (Phi) is 4.44.